The summed E-state index contributed by atoms with van der Waals surface area (Å²) in [5.41, 5.74) is 4.40. The number of nitrogens with one attached hydrogen (secondary N) is 3. The van der Waals surface area contributed by atoms with Gasteiger partial charge in [-0.05, 0) is 37.3 Å². The van der Waals surface area contributed by atoms with Crippen LogP contribution in [0.25, 0.3) is 0 Å². The third-order valence-corrected chi connectivity index (χ3v) is 5.98. The minimum absolute atomic E-state index is 0.0611. The summed E-state index contributed by atoms with van der Waals surface area (Å²) in [4.78, 5) is 12.6. The normalized spacial score (nSPS) is 30.3. The molecule has 2 saturated heterocycles. The Morgan fingerprint density at radius 1 is 1.30 bits per heavy atom. The first kappa shape index (κ1) is 16.7. The van der Waals surface area contributed by atoms with E-state index in [2.05, 4.69) is 27.1 Å². The van der Waals surface area contributed by atoms with E-state index in [1.54, 1.807) is 0 Å². The summed E-state index contributed by atoms with van der Waals surface area (Å²) in [5, 5.41) is 17.9. The number of anilines is 1. The highest BCUT2D eigenvalue weighted by molar-refractivity contribution is 5.82. The smallest absolute Gasteiger partial charge is 0.231 e. The summed E-state index contributed by atoms with van der Waals surface area (Å²) in [6.45, 7) is 0.914. The molecule has 3 heterocycles. The van der Waals surface area contributed by atoms with Gasteiger partial charge in [0.2, 0.25) is 12.7 Å². The van der Waals surface area contributed by atoms with Crippen LogP contribution in [0.3, 0.4) is 0 Å². The van der Waals surface area contributed by atoms with Gasteiger partial charge in [-0.2, -0.15) is 5.26 Å². The molecule has 3 aliphatic heterocycles. The second kappa shape index (κ2) is 6.59. The minimum Gasteiger partial charge on any atom is -0.454 e. The Morgan fingerprint density at radius 2 is 2.15 bits per heavy atom. The number of nitriles is 1. The van der Waals surface area contributed by atoms with Gasteiger partial charge in [0.15, 0.2) is 11.5 Å². The molecule has 1 aliphatic carbocycles. The van der Waals surface area contributed by atoms with Crippen molar-refractivity contribution in [3.05, 3.63) is 18.2 Å². The highest BCUT2D eigenvalue weighted by atomic mass is 16.7. The van der Waals surface area contributed by atoms with E-state index in [4.69, 9.17) is 9.47 Å². The van der Waals surface area contributed by atoms with Crippen molar-refractivity contribution in [3.63, 3.8) is 0 Å². The van der Waals surface area contributed by atoms with Crippen LogP contribution in [0.1, 0.15) is 25.7 Å². The first-order valence-electron chi connectivity index (χ1n) is 9.60. The molecule has 1 amide bonds. The summed E-state index contributed by atoms with van der Waals surface area (Å²) >= 11 is 0. The second-order valence-electron chi connectivity index (χ2n) is 7.67. The van der Waals surface area contributed by atoms with Crippen molar-refractivity contribution in [2.45, 2.75) is 43.9 Å². The molecule has 0 bridgehead atoms. The van der Waals surface area contributed by atoms with E-state index in [9.17, 15) is 10.1 Å². The Kier molecular flexibility index (Phi) is 4.06. The van der Waals surface area contributed by atoms with E-state index < -0.39 is 0 Å². The molecule has 4 aliphatic rings. The lowest BCUT2D eigenvalue weighted by Crippen LogP contribution is -2.52. The molecule has 3 N–H and O–H groups in total. The molecule has 8 nitrogen and oxygen atoms in total. The van der Waals surface area contributed by atoms with Crippen molar-refractivity contribution in [3.8, 4) is 17.6 Å². The van der Waals surface area contributed by atoms with Crippen LogP contribution in [0.2, 0.25) is 0 Å². The van der Waals surface area contributed by atoms with Gasteiger partial charge in [-0.1, -0.05) is 0 Å². The van der Waals surface area contributed by atoms with E-state index >= 15 is 0 Å². The van der Waals surface area contributed by atoms with Crippen LogP contribution < -0.4 is 25.5 Å². The molecule has 5 rings (SSSR count). The maximum atomic E-state index is 12.6. The molecule has 27 heavy (non-hydrogen) atoms. The lowest BCUT2D eigenvalue weighted by atomic mass is 9.90. The summed E-state index contributed by atoms with van der Waals surface area (Å²) < 4.78 is 10.8. The highest BCUT2D eigenvalue weighted by Gasteiger charge is 2.51. The summed E-state index contributed by atoms with van der Waals surface area (Å²) in [7, 11) is 0. The largest absolute Gasteiger partial charge is 0.454 e. The fraction of sp³-hybridized carbons (Fsp3) is 0.579. The number of amides is 1. The Morgan fingerprint density at radius 3 is 2.96 bits per heavy atom. The molecule has 3 fully saturated rings. The number of carbonyl (C=O) groups is 1. The predicted octanol–water partition coefficient (Wildman–Crippen LogP) is 1.17. The van der Waals surface area contributed by atoms with Crippen molar-refractivity contribution in [2.75, 3.05) is 18.7 Å². The van der Waals surface area contributed by atoms with Crippen molar-refractivity contribution in [1.29, 1.82) is 5.26 Å². The lowest BCUT2D eigenvalue weighted by Gasteiger charge is -2.34. The van der Waals surface area contributed by atoms with Crippen LogP contribution >= 0.6 is 0 Å². The number of piperidine rings is 1. The zero-order valence-corrected chi connectivity index (χ0v) is 15.0. The van der Waals surface area contributed by atoms with Gasteiger partial charge in [0.25, 0.3) is 0 Å². The van der Waals surface area contributed by atoms with Crippen molar-refractivity contribution in [1.82, 2.24) is 15.8 Å². The Bertz CT molecular complexity index is 790. The van der Waals surface area contributed by atoms with Gasteiger partial charge >= 0.3 is 0 Å². The molecular weight excluding hydrogens is 346 g/mol. The number of ether oxygens (including phenoxy) is 2. The first-order valence-corrected chi connectivity index (χ1v) is 9.60. The van der Waals surface area contributed by atoms with Crippen molar-refractivity contribution in [2.24, 2.45) is 11.8 Å². The summed E-state index contributed by atoms with van der Waals surface area (Å²) in [6.07, 6.45) is 3.47. The van der Waals surface area contributed by atoms with Crippen LogP contribution in [0, 0.1) is 23.2 Å². The fourth-order valence-corrected chi connectivity index (χ4v) is 4.53. The molecule has 8 heteroatoms. The van der Waals surface area contributed by atoms with Gasteiger partial charge < -0.3 is 20.1 Å². The average molecular weight is 369 g/mol. The molecule has 4 atom stereocenters. The van der Waals surface area contributed by atoms with Crippen LogP contribution in [0.4, 0.5) is 5.69 Å². The van der Waals surface area contributed by atoms with Crippen LogP contribution in [-0.2, 0) is 4.79 Å². The molecule has 1 saturated carbocycles. The topological polar surface area (TPSA) is 98.7 Å². The number of hydrogen-bond donors (Lipinski definition) is 3. The van der Waals surface area contributed by atoms with Crippen LogP contribution in [0.15, 0.2) is 18.2 Å². The van der Waals surface area contributed by atoms with Crippen LogP contribution in [-0.4, -0.2) is 42.5 Å². The molecule has 1 aromatic carbocycles. The molecule has 0 radical (unpaired) electrons. The predicted molar refractivity (Wildman–Crippen MR) is 96.6 cm³/mol. The van der Waals surface area contributed by atoms with Gasteiger partial charge in [-0.15, -0.1) is 0 Å². The van der Waals surface area contributed by atoms with E-state index in [0.717, 1.165) is 30.7 Å². The Labute approximate surface area is 157 Å². The maximum absolute atomic E-state index is 12.6. The van der Waals surface area contributed by atoms with E-state index in [1.165, 1.54) is 0 Å². The summed E-state index contributed by atoms with van der Waals surface area (Å²) in [6, 6.07) is 8.30. The number of nitrogens with zero attached hydrogens (tertiary/aromatic N) is 2. The minimum atomic E-state index is -0.226. The monoisotopic (exact) mass is 369 g/mol. The average Bonchev–Trinajstić information content (AvgIpc) is 3.29. The number of rotatable bonds is 5. The number of carbonyl (C=O) groups excluding carboxylic acids is 1. The Hall–Kier alpha value is -2.50. The zero-order chi connectivity index (χ0) is 18.4. The zero-order valence-electron chi connectivity index (χ0n) is 15.0. The lowest BCUT2D eigenvalue weighted by molar-refractivity contribution is -0.128. The number of fused-ring (bicyclic) bond motifs is 2. The summed E-state index contributed by atoms with van der Waals surface area (Å²) in [5.74, 6) is 1.85. The molecule has 142 valence electrons. The SMILES string of the molecule is N#CC[C@@H](C1CC1)N1NC(Nc2ccc3c(c2)OCO3)C2C(=O)NCCC21. The Balaban J connectivity index is 1.39. The van der Waals surface area contributed by atoms with Gasteiger partial charge in [-0.3, -0.25) is 4.79 Å². The van der Waals surface area contributed by atoms with E-state index in [1.807, 2.05) is 18.2 Å². The van der Waals surface area contributed by atoms with E-state index in [-0.39, 0.29) is 36.9 Å². The third kappa shape index (κ3) is 2.97. The second-order valence-corrected chi connectivity index (χ2v) is 7.67. The van der Waals surface area contributed by atoms with Crippen molar-refractivity contribution < 1.29 is 14.3 Å². The van der Waals surface area contributed by atoms with E-state index in [0.29, 0.717) is 24.6 Å². The highest BCUT2D eigenvalue weighted by Crippen LogP contribution is 2.41. The first-order chi connectivity index (χ1) is 13.2. The molecule has 3 unspecified atom stereocenters. The number of hydrazine groups is 1. The van der Waals surface area contributed by atoms with Gasteiger partial charge in [-0.25, -0.2) is 10.4 Å². The molecule has 0 spiro atoms. The van der Waals surface area contributed by atoms with Crippen LogP contribution in [0.5, 0.6) is 11.5 Å². The third-order valence-electron chi connectivity index (χ3n) is 5.98. The molecule has 1 aromatic rings. The molecular formula is C19H23N5O3. The van der Waals surface area contributed by atoms with Gasteiger partial charge in [0.1, 0.15) is 6.17 Å². The van der Waals surface area contributed by atoms with Gasteiger partial charge in [0, 0.05) is 30.4 Å². The number of benzene rings is 1. The molecule has 0 aromatic heterocycles. The van der Waals surface area contributed by atoms with Gasteiger partial charge in [0.05, 0.1) is 18.4 Å². The number of hydrogen-bond acceptors (Lipinski definition) is 7. The quantitative estimate of drug-likeness (QED) is 0.717. The standard InChI is InChI=1S/C19H23N5O3/c20-7-5-13(11-1-2-11)24-14-6-8-21-19(25)17(14)18(23-24)22-12-3-4-15-16(9-12)27-10-26-15/h3-4,9,11,13-14,17-18,22-23H,1-2,5-6,8,10H2,(H,21,25)/t13-,14?,17?,18?/m0/s1. The maximum Gasteiger partial charge on any atom is 0.231 e. The van der Waals surface area contributed by atoms with Crippen molar-refractivity contribution >= 4 is 11.6 Å². The fourth-order valence-electron chi connectivity index (χ4n) is 4.53.